The zero-order chi connectivity index (χ0) is 28.3. The molecule has 40 heavy (non-hydrogen) atoms. The normalized spacial score (nSPS) is 13.4. The lowest BCUT2D eigenvalue weighted by molar-refractivity contribution is -0.128. The first-order chi connectivity index (χ1) is 19.2. The summed E-state index contributed by atoms with van der Waals surface area (Å²) in [7, 11) is 1.59. The van der Waals surface area contributed by atoms with Gasteiger partial charge in [0.25, 0.3) is 5.91 Å². The molecule has 2 amide bonds. The third kappa shape index (κ3) is 6.07. The van der Waals surface area contributed by atoms with Crippen LogP contribution in [-0.2, 0) is 16.1 Å². The minimum Gasteiger partial charge on any atom is -0.497 e. The number of benzene rings is 2. The molecule has 1 aliphatic heterocycles. The third-order valence-corrected chi connectivity index (χ3v) is 6.89. The molecule has 0 aliphatic carbocycles. The van der Waals surface area contributed by atoms with E-state index in [0.717, 1.165) is 5.56 Å². The maximum absolute atomic E-state index is 14.1. The van der Waals surface area contributed by atoms with Crippen LogP contribution in [0.25, 0.3) is 11.4 Å². The Hall–Kier alpha value is -4.45. The Labute approximate surface area is 235 Å². The second-order valence-electron chi connectivity index (χ2n) is 10.1. The molecular weight excluding hydrogens is 532 g/mol. The Morgan fingerprint density at radius 3 is 2.52 bits per heavy atom. The Balaban J connectivity index is 1.51. The highest BCUT2D eigenvalue weighted by Crippen LogP contribution is 2.38. The summed E-state index contributed by atoms with van der Waals surface area (Å²) in [5.41, 5.74) is 0.686. The first-order valence-electron chi connectivity index (χ1n) is 12.7. The monoisotopic (exact) mass is 562 g/mol. The number of aromatic nitrogens is 4. The molecule has 0 radical (unpaired) electrons. The van der Waals surface area contributed by atoms with Gasteiger partial charge >= 0.3 is 0 Å². The van der Waals surface area contributed by atoms with Crippen LogP contribution in [0.15, 0.2) is 60.0 Å². The maximum atomic E-state index is 14.1. The minimum atomic E-state index is -0.945. The first-order valence-corrected chi connectivity index (χ1v) is 13.6. The smallest absolute Gasteiger partial charge is 0.251 e. The molecule has 11 nitrogen and oxygen atoms in total. The highest BCUT2D eigenvalue weighted by molar-refractivity contribution is 7.10. The van der Waals surface area contributed by atoms with Gasteiger partial charge in [-0.05, 0) is 73.8 Å². The largest absolute Gasteiger partial charge is 0.497 e. The fourth-order valence-corrected chi connectivity index (χ4v) is 5.05. The van der Waals surface area contributed by atoms with Crippen molar-refractivity contribution in [2.24, 2.45) is 0 Å². The van der Waals surface area contributed by atoms with Crippen LogP contribution in [0.2, 0.25) is 0 Å². The minimum absolute atomic E-state index is 0.248. The number of methoxy groups -OCH3 is 1. The number of hydrogen-bond acceptors (Lipinski definition) is 9. The average Bonchev–Trinajstić information content (AvgIpc) is 3.63. The van der Waals surface area contributed by atoms with Crippen LogP contribution in [0.4, 0.5) is 5.69 Å². The van der Waals surface area contributed by atoms with Gasteiger partial charge in [0.05, 0.1) is 7.11 Å². The number of carbonyl (C=O) groups excluding carboxylic acids is 2. The molecule has 3 heterocycles. The molecule has 208 valence electrons. The van der Waals surface area contributed by atoms with E-state index in [0.29, 0.717) is 46.9 Å². The Kier molecular flexibility index (Phi) is 7.69. The van der Waals surface area contributed by atoms with Crippen molar-refractivity contribution in [1.82, 2.24) is 25.5 Å². The van der Waals surface area contributed by atoms with Gasteiger partial charge in [-0.1, -0.05) is 6.07 Å². The summed E-state index contributed by atoms with van der Waals surface area (Å²) in [6.45, 7) is 6.27. The fraction of sp³-hybridized carbons (Fsp3) is 0.321. The van der Waals surface area contributed by atoms with Gasteiger partial charge in [0.1, 0.15) is 31.5 Å². The van der Waals surface area contributed by atoms with Gasteiger partial charge in [-0.3, -0.25) is 14.5 Å². The van der Waals surface area contributed by atoms with E-state index in [1.54, 1.807) is 37.4 Å². The number of amides is 2. The lowest BCUT2D eigenvalue weighted by Crippen LogP contribution is -2.50. The molecule has 0 unspecified atom stereocenters. The number of anilines is 1. The molecular formula is C28H30N6O5S. The van der Waals surface area contributed by atoms with Crippen LogP contribution in [0.1, 0.15) is 31.7 Å². The van der Waals surface area contributed by atoms with E-state index >= 15 is 0 Å². The molecule has 5 rings (SSSR count). The molecule has 0 spiro atoms. The Morgan fingerprint density at radius 2 is 1.85 bits per heavy atom. The van der Waals surface area contributed by atoms with E-state index in [4.69, 9.17) is 14.2 Å². The molecule has 0 saturated carbocycles. The van der Waals surface area contributed by atoms with Crippen LogP contribution in [-0.4, -0.2) is 57.9 Å². The summed E-state index contributed by atoms with van der Waals surface area (Å²) in [6.07, 6.45) is 0. The molecule has 12 heteroatoms. The van der Waals surface area contributed by atoms with E-state index in [-0.39, 0.29) is 12.5 Å². The predicted molar refractivity (Wildman–Crippen MR) is 150 cm³/mol. The van der Waals surface area contributed by atoms with Crippen molar-refractivity contribution in [3.8, 4) is 28.6 Å². The van der Waals surface area contributed by atoms with Gasteiger partial charge in [0.2, 0.25) is 11.7 Å². The van der Waals surface area contributed by atoms with E-state index in [1.807, 2.05) is 50.4 Å². The highest BCUT2D eigenvalue weighted by Gasteiger charge is 2.36. The lowest BCUT2D eigenvalue weighted by Gasteiger charge is -2.33. The summed E-state index contributed by atoms with van der Waals surface area (Å²) in [5.74, 6) is 1.43. The number of ether oxygens (including phenoxy) is 3. The van der Waals surface area contributed by atoms with Gasteiger partial charge in [-0.2, -0.15) is 4.80 Å². The molecule has 0 saturated heterocycles. The van der Waals surface area contributed by atoms with Crippen LogP contribution in [0.5, 0.6) is 17.2 Å². The number of rotatable bonds is 8. The number of hydrogen-bond donors (Lipinski definition) is 1. The van der Waals surface area contributed by atoms with Gasteiger partial charge in [-0.15, -0.1) is 21.5 Å². The van der Waals surface area contributed by atoms with E-state index in [1.165, 1.54) is 21.0 Å². The van der Waals surface area contributed by atoms with E-state index in [9.17, 15) is 9.59 Å². The summed E-state index contributed by atoms with van der Waals surface area (Å²) in [4.78, 5) is 31.2. The van der Waals surface area contributed by atoms with E-state index in [2.05, 4.69) is 20.7 Å². The van der Waals surface area contributed by atoms with Crippen molar-refractivity contribution in [3.05, 3.63) is 64.9 Å². The highest BCUT2D eigenvalue weighted by atomic mass is 32.1. The molecule has 0 bridgehead atoms. The topological polar surface area (TPSA) is 121 Å². The molecule has 1 N–H and O–H groups in total. The lowest BCUT2D eigenvalue weighted by atomic mass is 10.1. The average molecular weight is 563 g/mol. The third-order valence-electron chi connectivity index (χ3n) is 5.97. The predicted octanol–water partition coefficient (Wildman–Crippen LogP) is 3.87. The summed E-state index contributed by atoms with van der Waals surface area (Å²) >= 11 is 1.39. The van der Waals surface area contributed by atoms with Crippen molar-refractivity contribution in [3.63, 3.8) is 0 Å². The quantitative estimate of drug-likeness (QED) is 0.344. The van der Waals surface area contributed by atoms with Crippen LogP contribution >= 0.6 is 11.3 Å². The number of thiophene rings is 1. The molecule has 1 aliphatic rings. The standard InChI is InChI=1S/C28H30N6O5S/c1-28(2,3)29-27(36)25(23-6-5-15-40-23)34(19-9-12-21-22(16-19)39-14-13-38-21)24(35)17-33-31-26(30-32-33)18-7-10-20(37-4)11-8-18/h5-12,15-16,25H,13-14,17H2,1-4H3,(H,29,36)/t25-/m1/s1. The van der Waals surface area contributed by atoms with Crippen LogP contribution in [0, 0.1) is 0 Å². The van der Waals surface area contributed by atoms with Crippen LogP contribution in [0.3, 0.4) is 0 Å². The first kappa shape index (κ1) is 27.1. The van der Waals surface area contributed by atoms with Gasteiger partial charge in [0.15, 0.2) is 11.5 Å². The van der Waals surface area contributed by atoms with Crippen molar-refractivity contribution in [1.29, 1.82) is 0 Å². The summed E-state index contributed by atoms with van der Waals surface area (Å²) in [5, 5.41) is 17.5. The van der Waals surface area contributed by atoms with Crippen LogP contribution < -0.4 is 24.4 Å². The molecule has 2 aromatic carbocycles. The van der Waals surface area contributed by atoms with Gasteiger partial charge < -0.3 is 19.5 Å². The molecule has 4 aromatic rings. The SMILES string of the molecule is COc1ccc(-c2nnn(CC(=O)N(c3ccc4c(c3)OCCO4)[C@@H](C(=O)NC(C)(C)C)c3cccs3)n2)cc1. The Morgan fingerprint density at radius 1 is 1.10 bits per heavy atom. The molecule has 0 fully saturated rings. The zero-order valence-electron chi connectivity index (χ0n) is 22.7. The van der Waals surface area contributed by atoms with Gasteiger partial charge in [0, 0.05) is 27.7 Å². The number of nitrogens with zero attached hydrogens (tertiary/aromatic N) is 5. The van der Waals surface area contributed by atoms with E-state index < -0.39 is 17.5 Å². The van der Waals surface area contributed by atoms with Crippen molar-refractivity contribution < 1.29 is 23.8 Å². The maximum Gasteiger partial charge on any atom is 0.251 e. The Bertz CT molecular complexity index is 1480. The number of tetrazole rings is 1. The zero-order valence-corrected chi connectivity index (χ0v) is 23.5. The summed E-state index contributed by atoms with van der Waals surface area (Å²) in [6, 6.07) is 15.2. The van der Waals surface area contributed by atoms with Crippen molar-refractivity contribution in [2.45, 2.75) is 38.9 Å². The molecule has 1 atom stereocenters. The van der Waals surface area contributed by atoms with Gasteiger partial charge in [-0.25, -0.2) is 0 Å². The number of nitrogens with one attached hydrogen (secondary N) is 1. The summed E-state index contributed by atoms with van der Waals surface area (Å²) < 4.78 is 16.7. The van der Waals surface area contributed by atoms with Crippen molar-refractivity contribution in [2.75, 3.05) is 25.2 Å². The fourth-order valence-electron chi connectivity index (χ4n) is 4.24. The number of fused-ring (bicyclic) bond motifs is 1. The molecule has 2 aromatic heterocycles. The second-order valence-corrected chi connectivity index (χ2v) is 11.1. The number of carbonyl (C=O) groups is 2. The second kappa shape index (κ2) is 11.3. The van der Waals surface area contributed by atoms with Crippen molar-refractivity contribution >= 4 is 28.8 Å².